The van der Waals surface area contributed by atoms with Crippen molar-refractivity contribution in [2.75, 3.05) is 19.5 Å². The first kappa shape index (κ1) is 18.9. The second kappa shape index (κ2) is 7.51. The molecule has 0 unspecified atom stereocenters. The quantitative estimate of drug-likeness (QED) is 0.540. The van der Waals surface area contributed by atoms with Crippen LogP contribution in [0.15, 0.2) is 36.4 Å². The van der Waals surface area contributed by atoms with Crippen LogP contribution >= 0.6 is 11.3 Å². The number of methoxy groups -OCH3 is 2. The normalized spacial score (nSPS) is 10.9. The molecule has 148 valence electrons. The van der Waals surface area contributed by atoms with Gasteiger partial charge in [-0.2, -0.15) is 9.61 Å². The molecule has 29 heavy (non-hydrogen) atoms. The molecule has 8 nitrogen and oxygen atoms in total. The zero-order valence-corrected chi connectivity index (χ0v) is 17.2. The Morgan fingerprint density at radius 3 is 2.55 bits per heavy atom. The van der Waals surface area contributed by atoms with Crippen molar-refractivity contribution in [3.05, 3.63) is 53.3 Å². The third-order valence-electron chi connectivity index (χ3n) is 4.53. The first-order chi connectivity index (χ1) is 14.0. The maximum atomic E-state index is 12.8. The van der Waals surface area contributed by atoms with Gasteiger partial charge in [0.1, 0.15) is 5.01 Å². The first-order valence-corrected chi connectivity index (χ1v) is 9.65. The summed E-state index contributed by atoms with van der Waals surface area (Å²) in [6, 6.07) is 10.9. The van der Waals surface area contributed by atoms with Crippen LogP contribution in [0.25, 0.3) is 15.5 Å². The Morgan fingerprint density at radius 1 is 1.03 bits per heavy atom. The van der Waals surface area contributed by atoms with Crippen LogP contribution in [0.3, 0.4) is 0 Å². The maximum Gasteiger partial charge on any atom is 0.255 e. The third-order valence-corrected chi connectivity index (χ3v) is 5.47. The molecule has 9 heteroatoms. The molecule has 0 saturated carbocycles. The second-order valence-electron chi connectivity index (χ2n) is 6.40. The van der Waals surface area contributed by atoms with Crippen LogP contribution in [-0.4, -0.2) is 39.9 Å². The predicted octanol–water partition coefficient (Wildman–Crippen LogP) is 3.74. The molecule has 1 N–H and O–H groups in total. The lowest BCUT2D eigenvalue weighted by Gasteiger charge is -2.12. The molecule has 0 spiro atoms. The van der Waals surface area contributed by atoms with Crippen molar-refractivity contribution in [2.24, 2.45) is 0 Å². The van der Waals surface area contributed by atoms with E-state index in [4.69, 9.17) is 9.47 Å². The van der Waals surface area contributed by atoms with Crippen LogP contribution in [0.5, 0.6) is 11.5 Å². The van der Waals surface area contributed by atoms with E-state index < -0.39 is 0 Å². The van der Waals surface area contributed by atoms with E-state index in [2.05, 4.69) is 20.6 Å². The molecule has 2 aromatic heterocycles. The average Bonchev–Trinajstić information content (AvgIpc) is 3.31. The van der Waals surface area contributed by atoms with Crippen LogP contribution < -0.4 is 14.8 Å². The van der Waals surface area contributed by atoms with Gasteiger partial charge < -0.3 is 14.8 Å². The predicted molar refractivity (Wildman–Crippen MR) is 111 cm³/mol. The van der Waals surface area contributed by atoms with Crippen molar-refractivity contribution < 1.29 is 14.3 Å². The van der Waals surface area contributed by atoms with Gasteiger partial charge >= 0.3 is 0 Å². The van der Waals surface area contributed by atoms with Crippen LogP contribution in [-0.2, 0) is 0 Å². The van der Waals surface area contributed by atoms with Crippen LogP contribution in [0, 0.1) is 13.8 Å². The fourth-order valence-corrected chi connectivity index (χ4v) is 3.77. The van der Waals surface area contributed by atoms with Crippen molar-refractivity contribution in [1.82, 2.24) is 19.8 Å². The largest absolute Gasteiger partial charge is 0.493 e. The first-order valence-electron chi connectivity index (χ1n) is 8.83. The molecule has 0 fully saturated rings. The van der Waals surface area contributed by atoms with E-state index in [0.29, 0.717) is 22.7 Å². The highest BCUT2D eigenvalue weighted by molar-refractivity contribution is 7.19. The van der Waals surface area contributed by atoms with Crippen LogP contribution in [0.2, 0.25) is 0 Å². The molecule has 4 aromatic rings. The molecular formula is C20H19N5O3S. The Morgan fingerprint density at radius 2 is 1.83 bits per heavy atom. The summed E-state index contributed by atoms with van der Waals surface area (Å²) in [5.74, 6) is 1.57. The number of nitrogens with zero attached hydrogens (tertiary/aromatic N) is 4. The number of benzene rings is 2. The molecule has 0 saturated heterocycles. The minimum absolute atomic E-state index is 0.236. The van der Waals surface area contributed by atoms with E-state index in [1.165, 1.54) is 18.4 Å². The topological polar surface area (TPSA) is 90.6 Å². The van der Waals surface area contributed by atoms with E-state index in [-0.39, 0.29) is 5.91 Å². The van der Waals surface area contributed by atoms with E-state index in [1.807, 2.05) is 32.0 Å². The Balaban J connectivity index is 1.63. The van der Waals surface area contributed by atoms with Gasteiger partial charge in [-0.05, 0) is 43.7 Å². The number of fused-ring (bicyclic) bond motifs is 1. The second-order valence-corrected chi connectivity index (χ2v) is 7.36. The Bertz CT molecular complexity index is 1210. The molecule has 4 rings (SSSR count). The number of nitrogens with one attached hydrogen (secondary N) is 1. The zero-order chi connectivity index (χ0) is 20.5. The van der Waals surface area contributed by atoms with E-state index in [0.717, 1.165) is 26.9 Å². The molecule has 2 heterocycles. The summed E-state index contributed by atoms with van der Waals surface area (Å²) in [6.07, 6.45) is 0. The summed E-state index contributed by atoms with van der Waals surface area (Å²) in [6.45, 7) is 3.80. The van der Waals surface area contributed by atoms with Gasteiger partial charge in [-0.25, -0.2) is 0 Å². The molecule has 0 bridgehead atoms. The Labute approximate surface area is 171 Å². The fourth-order valence-electron chi connectivity index (χ4n) is 2.89. The number of rotatable bonds is 5. The third kappa shape index (κ3) is 3.52. The van der Waals surface area contributed by atoms with Crippen molar-refractivity contribution in [1.29, 1.82) is 0 Å². The molecule has 0 radical (unpaired) electrons. The summed E-state index contributed by atoms with van der Waals surface area (Å²) in [5.41, 5.74) is 3.03. The number of aromatic nitrogens is 4. The standard InChI is InChI=1S/C20H19N5O3S/c1-11-5-6-14(19-24-25-12(2)22-23-20(25)29-19)9-15(11)21-18(26)13-7-8-16(27-3)17(10-13)28-4/h5-10H,1-4H3,(H,21,26). The van der Waals surface area contributed by atoms with Gasteiger partial charge in [0.25, 0.3) is 5.91 Å². The summed E-state index contributed by atoms with van der Waals surface area (Å²) >= 11 is 1.45. The van der Waals surface area contributed by atoms with E-state index >= 15 is 0 Å². The van der Waals surface area contributed by atoms with Gasteiger partial charge in [-0.3, -0.25) is 4.79 Å². The lowest BCUT2D eigenvalue weighted by molar-refractivity contribution is 0.102. The number of carbonyl (C=O) groups excluding carboxylic acids is 1. The Hall–Kier alpha value is -3.46. The summed E-state index contributed by atoms with van der Waals surface area (Å²) < 4.78 is 12.2. The van der Waals surface area contributed by atoms with Crippen LogP contribution in [0.1, 0.15) is 21.7 Å². The highest BCUT2D eigenvalue weighted by atomic mass is 32.1. The van der Waals surface area contributed by atoms with Gasteiger partial charge in [0.2, 0.25) is 4.96 Å². The minimum atomic E-state index is -0.236. The monoisotopic (exact) mass is 409 g/mol. The molecule has 0 aliphatic carbocycles. The van der Waals surface area contributed by atoms with Gasteiger partial charge in [-0.1, -0.05) is 23.5 Å². The number of aryl methyl sites for hydroxylation is 2. The van der Waals surface area contributed by atoms with Crippen molar-refractivity contribution >= 4 is 27.9 Å². The molecule has 0 aliphatic rings. The highest BCUT2D eigenvalue weighted by Crippen LogP contribution is 2.31. The Kier molecular flexibility index (Phi) is 4.89. The summed E-state index contributed by atoms with van der Waals surface area (Å²) in [7, 11) is 3.09. The highest BCUT2D eigenvalue weighted by Gasteiger charge is 2.15. The number of hydrogen-bond acceptors (Lipinski definition) is 7. The smallest absolute Gasteiger partial charge is 0.255 e. The van der Waals surface area contributed by atoms with Crippen LogP contribution in [0.4, 0.5) is 5.69 Å². The van der Waals surface area contributed by atoms with Gasteiger partial charge in [0.05, 0.1) is 14.2 Å². The molecule has 0 aliphatic heterocycles. The number of hydrogen-bond donors (Lipinski definition) is 1. The molecule has 2 aromatic carbocycles. The van der Waals surface area contributed by atoms with Gasteiger partial charge in [0.15, 0.2) is 17.3 Å². The van der Waals surface area contributed by atoms with Crippen molar-refractivity contribution in [3.8, 4) is 22.1 Å². The summed E-state index contributed by atoms with van der Waals surface area (Å²) in [4.78, 5) is 13.5. The lowest BCUT2D eigenvalue weighted by atomic mass is 10.1. The van der Waals surface area contributed by atoms with Crippen molar-refractivity contribution in [2.45, 2.75) is 13.8 Å². The van der Waals surface area contributed by atoms with Gasteiger partial charge in [0, 0.05) is 16.8 Å². The van der Waals surface area contributed by atoms with E-state index in [1.54, 1.807) is 29.8 Å². The molecule has 0 atom stereocenters. The lowest BCUT2D eigenvalue weighted by Crippen LogP contribution is -2.13. The zero-order valence-electron chi connectivity index (χ0n) is 16.4. The molecular weight excluding hydrogens is 390 g/mol. The van der Waals surface area contributed by atoms with E-state index in [9.17, 15) is 4.79 Å². The number of ether oxygens (including phenoxy) is 2. The van der Waals surface area contributed by atoms with Gasteiger partial charge in [-0.15, -0.1) is 10.2 Å². The summed E-state index contributed by atoms with van der Waals surface area (Å²) in [5, 5.41) is 16.4. The molecule has 1 amide bonds. The average molecular weight is 409 g/mol. The maximum absolute atomic E-state index is 12.8. The fraction of sp³-hybridized carbons (Fsp3) is 0.200. The van der Waals surface area contributed by atoms with Crippen molar-refractivity contribution in [3.63, 3.8) is 0 Å². The number of amides is 1. The SMILES string of the molecule is COc1ccc(C(=O)Nc2cc(-c3nn4c(C)nnc4s3)ccc2C)cc1OC. The number of carbonyl (C=O) groups is 1. The number of anilines is 1. The minimum Gasteiger partial charge on any atom is -0.493 e.